The molecule has 2 aliphatic heterocycles. The van der Waals surface area contributed by atoms with Gasteiger partial charge in [-0.3, -0.25) is 43.2 Å². The summed E-state index contributed by atoms with van der Waals surface area (Å²) >= 11 is 0. The van der Waals surface area contributed by atoms with Crippen LogP contribution in [0, 0.1) is 5.92 Å². The van der Waals surface area contributed by atoms with E-state index >= 15 is 4.79 Å². The van der Waals surface area contributed by atoms with E-state index in [2.05, 4.69) is 36.9 Å². The molecule has 0 saturated carbocycles. The Morgan fingerprint density at radius 1 is 0.827 bits per heavy atom. The lowest BCUT2D eigenvalue weighted by Crippen LogP contribution is -2.65. The normalized spacial score (nSPS) is 24.1. The number of benzene rings is 2. The summed E-state index contributed by atoms with van der Waals surface area (Å²) in [6.45, 7) is 7.01. The fraction of sp³-hybridized carbons (Fsp3) is 0.538. The van der Waals surface area contributed by atoms with Crippen LogP contribution in [0.5, 0.6) is 0 Å². The summed E-state index contributed by atoms with van der Waals surface area (Å²) in [5.74, 6) is -9.76. The molecule has 23 heteroatoms. The van der Waals surface area contributed by atoms with Crippen LogP contribution in [-0.2, 0) is 65.5 Å². The van der Waals surface area contributed by atoms with Crippen molar-refractivity contribution in [2.24, 2.45) is 11.7 Å². The van der Waals surface area contributed by atoms with Gasteiger partial charge < -0.3 is 67.4 Å². The zero-order valence-corrected chi connectivity index (χ0v) is 43.3. The topological polar surface area (TPSA) is 341 Å². The van der Waals surface area contributed by atoms with Crippen LogP contribution in [0.25, 0.3) is 10.9 Å². The van der Waals surface area contributed by atoms with Gasteiger partial charge in [-0.25, -0.2) is 4.79 Å². The van der Waals surface area contributed by atoms with Gasteiger partial charge in [-0.2, -0.15) is 0 Å². The molecule has 75 heavy (non-hydrogen) atoms. The van der Waals surface area contributed by atoms with Crippen LogP contribution in [0.3, 0.4) is 0 Å². The third-order valence-electron chi connectivity index (χ3n) is 13.4. The molecule has 2 saturated heterocycles. The quantitative estimate of drug-likeness (QED) is 0.0566. The number of aromatic amines is 1. The van der Waals surface area contributed by atoms with E-state index in [0.29, 0.717) is 17.5 Å². The molecule has 0 spiro atoms. The molecular formula is C52H72N10O13. The molecule has 408 valence electrons. The van der Waals surface area contributed by atoms with E-state index in [1.54, 1.807) is 56.4 Å². The average molecular weight is 1050 g/mol. The summed E-state index contributed by atoms with van der Waals surface area (Å²) in [6.07, 6.45) is -2.15. The number of piperidine rings is 1. The van der Waals surface area contributed by atoms with Crippen molar-refractivity contribution in [3.05, 3.63) is 71.9 Å². The van der Waals surface area contributed by atoms with Crippen molar-refractivity contribution in [2.75, 3.05) is 13.6 Å². The average Bonchev–Trinajstić information content (AvgIpc) is 3.78. The maximum absolute atomic E-state index is 15.2. The van der Waals surface area contributed by atoms with Crippen LogP contribution in [0.1, 0.15) is 97.1 Å². The monoisotopic (exact) mass is 1040 g/mol. The van der Waals surface area contributed by atoms with Crippen LogP contribution in [-0.4, -0.2) is 158 Å². The number of para-hydroxylation sites is 1. The van der Waals surface area contributed by atoms with Gasteiger partial charge in [-0.1, -0.05) is 82.1 Å². The number of esters is 1. The fourth-order valence-corrected chi connectivity index (χ4v) is 9.08. The number of carbonyl (C=O) groups excluding carboxylic acids is 10. The van der Waals surface area contributed by atoms with Crippen LogP contribution < -0.4 is 37.6 Å². The number of primary amides is 1. The third kappa shape index (κ3) is 15.8. The van der Waals surface area contributed by atoms with E-state index in [1.807, 2.05) is 25.1 Å². The number of carbonyl (C=O) groups is 10. The van der Waals surface area contributed by atoms with Crippen molar-refractivity contribution in [2.45, 2.75) is 160 Å². The SMILES string of the molecule is CCCCCC(=O)NCC(=O)N[C@H](C(=O)N[C@@H]1C(=O)N[C@@H](CCC(N)=O)C(=O)N[C@H]2CC[C@@H](O)N(C2=O)[C@@H](Cc2ccccc2)C(=O)N(C)[C@@H](Cc2c[nH]c3ccccc23)C(=O)N[C@@H](C(C)C)C(=O)O[C@H]1C)[C@@H](C)O. The van der Waals surface area contributed by atoms with E-state index in [-0.39, 0.29) is 32.1 Å². The van der Waals surface area contributed by atoms with Crippen LogP contribution in [0.2, 0.25) is 0 Å². The minimum absolute atomic E-state index is 0.116. The molecular weight excluding hydrogens is 973 g/mol. The zero-order chi connectivity index (χ0) is 55.1. The number of H-pyrrole nitrogens is 1. The number of cyclic esters (lactones) is 1. The molecule has 2 fully saturated rings. The fourth-order valence-electron chi connectivity index (χ4n) is 9.08. The lowest BCUT2D eigenvalue weighted by atomic mass is 9.95. The van der Waals surface area contributed by atoms with E-state index in [0.717, 1.165) is 33.5 Å². The molecule has 23 nitrogen and oxygen atoms in total. The van der Waals surface area contributed by atoms with Gasteiger partial charge in [-0.15, -0.1) is 0 Å². The van der Waals surface area contributed by atoms with Crippen molar-refractivity contribution in [3.63, 3.8) is 0 Å². The Kier molecular flexibility index (Phi) is 21.2. The molecule has 0 aliphatic carbocycles. The molecule has 3 heterocycles. The number of fused-ring (bicyclic) bond motifs is 3. The molecule has 2 bridgehead atoms. The molecule has 2 aromatic carbocycles. The predicted octanol–water partition coefficient (Wildman–Crippen LogP) is -0.542. The van der Waals surface area contributed by atoms with E-state index in [4.69, 9.17) is 10.5 Å². The number of rotatable bonds is 18. The molecule has 1 aromatic heterocycles. The lowest BCUT2D eigenvalue weighted by Gasteiger charge is -2.43. The highest BCUT2D eigenvalue weighted by Gasteiger charge is 2.46. The molecule has 2 aliphatic rings. The van der Waals surface area contributed by atoms with E-state index in [9.17, 15) is 53.4 Å². The van der Waals surface area contributed by atoms with E-state index in [1.165, 1.54) is 20.9 Å². The van der Waals surface area contributed by atoms with Crippen molar-refractivity contribution in [1.29, 1.82) is 0 Å². The summed E-state index contributed by atoms with van der Waals surface area (Å²) in [4.78, 5) is 145. The Balaban J connectivity index is 1.58. The smallest absolute Gasteiger partial charge is 0.329 e. The Morgan fingerprint density at radius 2 is 1.52 bits per heavy atom. The number of hydrogen-bond donors (Lipinski definition) is 10. The number of unbranched alkanes of at least 4 members (excludes halogenated alkanes) is 2. The Morgan fingerprint density at radius 3 is 2.19 bits per heavy atom. The van der Waals surface area contributed by atoms with Gasteiger partial charge >= 0.3 is 5.97 Å². The molecule has 5 rings (SSSR count). The first-order chi connectivity index (χ1) is 35.6. The van der Waals surface area contributed by atoms with Gasteiger partial charge in [0.2, 0.25) is 53.2 Å². The second-order valence-electron chi connectivity index (χ2n) is 19.5. The molecule has 0 radical (unpaired) electrons. The number of likely N-dealkylation sites (N-methyl/N-ethyl adjacent to an activating group) is 1. The van der Waals surface area contributed by atoms with Crippen molar-refractivity contribution in [1.82, 2.24) is 46.7 Å². The van der Waals surface area contributed by atoms with Gasteiger partial charge in [-0.05, 0) is 62.6 Å². The number of nitrogens with two attached hydrogens (primary N) is 1. The Bertz CT molecular complexity index is 2540. The summed E-state index contributed by atoms with van der Waals surface area (Å²) in [5, 5.41) is 38.1. The molecule has 9 amide bonds. The summed E-state index contributed by atoms with van der Waals surface area (Å²) in [6, 6.07) is 4.85. The largest absolute Gasteiger partial charge is 0.458 e. The van der Waals surface area contributed by atoms with Gasteiger partial charge in [0, 0.05) is 49.8 Å². The minimum atomic E-state index is -1.92. The number of ether oxygens (including phenoxy) is 1. The number of aliphatic hydroxyl groups excluding tert-OH is 2. The maximum atomic E-state index is 15.2. The first-order valence-electron chi connectivity index (χ1n) is 25.4. The first-order valence-corrected chi connectivity index (χ1v) is 25.4. The molecule has 3 aromatic rings. The predicted molar refractivity (Wildman–Crippen MR) is 272 cm³/mol. The number of nitrogens with one attached hydrogen (secondary N) is 7. The second kappa shape index (κ2) is 27.2. The Hall–Kier alpha value is -7.40. The third-order valence-corrected chi connectivity index (χ3v) is 13.4. The van der Waals surface area contributed by atoms with Crippen molar-refractivity contribution in [3.8, 4) is 0 Å². The number of nitrogens with zero attached hydrogens (tertiary/aromatic N) is 2. The zero-order valence-electron chi connectivity index (χ0n) is 43.3. The van der Waals surface area contributed by atoms with Crippen LogP contribution >= 0.6 is 0 Å². The molecule has 11 N–H and O–H groups in total. The summed E-state index contributed by atoms with van der Waals surface area (Å²) < 4.78 is 5.86. The highest BCUT2D eigenvalue weighted by molar-refractivity contribution is 5.99. The number of hydrogen-bond acceptors (Lipinski definition) is 13. The van der Waals surface area contributed by atoms with E-state index < -0.39 is 145 Å². The summed E-state index contributed by atoms with van der Waals surface area (Å²) in [7, 11) is 1.37. The molecule has 0 unspecified atom stereocenters. The second-order valence-corrected chi connectivity index (χ2v) is 19.5. The van der Waals surface area contributed by atoms with Gasteiger partial charge in [0.1, 0.15) is 54.6 Å². The highest BCUT2D eigenvalue weighted by Crippen LogP contribution is 2.27. The standard InChI is InChI=1S/C52H72N10O13/c1-7-8-10-19-40(65)55-27-41(66)58-44(29(4)63)48(70)60-45-30(5)75-52(74)43(28(2)3)59-47(69)37(25-32-26-54-34-18-14-13-17-33(32)34)61(6)51(73)38(24-31-15-11-9-12-16-31)62-42(67)23-21-36(50(62)72)57-46(68)35(56-49(45)71)20-22-39(53)64/h9,11-18,26,28-30,35-38,42-45,54,63,67H,7-8,10,19-25,27H2,1-6H3,(H2,53,64)(H,55,65)(H,56,71)(H,57,68)(H,58,66)(H,59,69)(H,60,70)/t29-,30+,35+,36+,37+,38+,42-,43+,44+,45+/m1/s1. The lowest BCUT2D eigenvalue weighted by molar-refractivity contribution is -0.165. The van der Waals surface area contributed by atoms with Gasteiger partial charge in [0.25, 0.3) is 0 Å². The summed E-state index contributed by atoms with van der Waals surface area (Å²) in [5.41, 5.74) is 7.41. The molecule has 10 atom stereocenters. The number of aliphatic hydroxyl groups is 2. The highest BCUT2D eigenvalue weighted by atomic mass is 16.5. The first kappa shape index (κ1) is 58.5. The van der Waals surface area contributed by atoms with Crippen molar-refractivity contribution < 1.29 is 62.9 Å². The van der Waals surface area contributed by atoms with Crippen LogP contribution in [0.4, 0.5) is 0 Å². The minimum Gasteiger partial charge on any atom is -0.458 e. The number of aromatic nitrogens is 1. The van der Waals surface area contributed by atoms with Crippen molar-refractivity contribution >= 4 is 70.0 Å². The number of amides is 9. The Labute approximate surface area is 435 Å². The maximum Gasteiger partial charge on any atom is 0.329 e. The van der Waals surface area contributed by atoms with Gasteiger partial charge in [0.05, 0.1) is 12.6 Å². The van der Waals surface area contributed by atoms with Crippen LogP contribution in [0.15, 0.2) is 60.8 Å². The van der Waals surface area contributed by atoms with Gasteiger partial charge in [0.15, 0.2) is 0 Å².